The van der Waals surface area contributed by atoms with Gasteiger partial charge in [-0.15, -0.1) is 11.8 Å². The van der Waals surface area contributed by atoms with Gasteiger partial charge in [-0.2, -0.15) is 0 Å². The summed E-state index contributed by atoms with van der Waals surface area (Å²) in [6.45, 7) is 2.86. The first-order valence-electron chi connectivity index (χ1n) is 12.5. The summed E-state index contributed by atoms with van der Waals surface area (Å²) in [5.74, 6) is 0.327. The van der Waals surface area contributed by atoms with Gasteiger partial charge >= 0.3 is 0 Å². The first-order valence-corrected chi connectivity index (χ1v) is 14.1. The smallest absolute Gasteiger partial charge is 0.269 e. The summed E-state index contributed by atoms with van der Waals surface area (Å²) in [6, 6.07) is 22.6. The molecule has 3 aromatic carbocycles. The predicted octanol–water partition coefficient (Wildman–Crippen LogP) is 6.04. The zero-order chi connectivity index (χ0) is 27.3. The molecule has 1 unspecified atom stereocenters. The van der Waals surface area contributed by atoms with Crippen LogP contribution in [0.25, 0.3) is 0 Å². The van der Waals surface area contributed by atoms with E-state index in [0.717, 1.165) is 29.5 Å². The predicted molar refractivity (Wildman–Crippen MR) is 153 cm³/mol. The van der Waals surface area contributed by atoms with E-state index in [4.69, 9.17) is 11.6 Å². The van der Waals surface area contributed by atoms with Gasteiger partial charge in [-0.05, 0) is 35.2 Å². The maximum absolute atomic E-state index is 13.6. The van der Waals surface area contributed by atoms with Gasteiger partial charge in [0.05, 0.1) is 10.7 Å². The summed E-state index contributed by atoms with van der Waals surface area (Å²) in [5, 5.41) is 14.5. The van der Waals surface area contributed by atoms with E-state index in [-0.39, 0.29) is 29.8 Å². The fraction of sp³-hybridized carbons (Fsp3) is 0.310. The summed E-state index contributed by atoms with van der Waals surface area (Å²) in [5.41, 5.74) is 2.71. The number of rotatable bonds is 14. The van der Waals surface area contributed by atoms with Crippen molar-refractivity contribution in [1.29, 1.82) is 0 Å². The van der Waals surface area contributed by atoms with Crippen LogP contribution in [0, 0.1) is 10.1 Å². The second kappa shape index (κ2) is 15.1. The van der Waals surface area contributed by atoms with Gasteiger partial charge in [0.2, 0.25) is 11.8 Å². The molecule has 0 saturated carbocycles. The Hall–Kier alpha value is -3.36. The van der Waals surface area contributed by atoms with Crippen LogP contribution in [0.5, 0.6) is 0 Å². The molecule has 1 atom stereocenters. The van der Waals surface area contributed by atoms with Crippen LogP contribution in [-0.2, 0) is 28.3 Å². The Morgan fingerprint density at radius 2 is 1.71 bits per heavy atom. The summed E-state index contributed by atoms with van der Waals surface area (Å²) in [7, 11) is 0. The SMILES string of the molecule is CCCCNC(=O)C(Cc1ccccc1)N(Cc1cccc(Cl)c1)C(=O)CSCc1ccc([N+](=O)[O-])cc1. The molecule has 38 heavy (non-hydrogen) atoms. The minimum absolute atomic E-state index is 0.0281. The minimum atomic E-state index is -0.694. The minimum Gasteiger partial charge on any atom is -0.354 e. The first kappa shape index (κ1) is 29.2. The van der Waals surface area contributed by atoms with Gasteiger partial charge in [-0.1, -0.05) is 79.5 Å². The van der Waals surface area contributed by atoms with Gasteiger partial charge < -0.3 is 10.2 Å². The van der Waals surface area contributed by atoms with Crippen molar-refractivity contribution in [2.75, 3.05) is 12.3 Å². The maximum atomic E-state index is 13.6. The normalized spacial score (nSPS) is 11.5. The number of hydrogen-bond acceptors (Lipinski definition) is 5. The van der Waals surface area contributed by atoms with Crippen LogP contribution in [0.3, 0.4) is 0 Å². The average molecular weight is 554 g/mol. The maximum Gasteiger partial charge on any atom is 0.269 e. The third kappa shape index (κ3) is 9.19. The Labute approximate surface area is 232 Å². The third-order valence-electron chi connectivity index (χ3n) is 5.98. The monoisotopic (exact) mass is 553 g/mol. The van der Waals surface area contributed by atoms with Crippen molar-refractivity contribution in [3.63, 3.8) is 0 Å². The van der Waals surface area contributed by atoms with Crippen LogP contribution in [0.4, 0.5) is 5.69 Å². The van der Waals surface area contributed by atoms with Crippen molar-refractivity contribution in [2.45, 2.75) is 44.5 Å². The highest BCUT2D eigenvalue weighted by Crippen LogP contribution is 2.21. The summed E-state index contributed by atoms with van der Waals surface area (Å²) >= 11 is 7.63. The Balaban J connectivity index is 1.80. The number of nitro benzene ring substituents is 1. The molecule has 0 radical (unpaired) electrons. The van der Waals surface area contributed by atoms with Crippen LogP contribution in [0.2, 0.25) is 5.02 Å². The van der Waals surface area contributed by atoms with Crippen LogP contribution in [0.1, 0.15) is 36.5 Å². The van der Waals surface area contributed by atoms with Crippen molar-refractivity contribution in [3.05, 3.63) is 111 Å². The number of halogens is 1. The standard InChI is InChI=1S/C29H32ClN3O4S/c1-2-3-16-31-29(35)27(18-22-8-5-4-6-9-22)32(19-24-10-7-11-25(30)17-24)28(34)21-38-20-23-12-14-26(15-13-23)33(36)37/h4-15,17,27H,2-3,16,18-21H2,1H3,(H,31,35). The zero-order valence-electron chi connectivity index (χ0n) is 21.3. The van der Waals surface area contributed by atoms with Gasteiger partial charge in [-0.3, -0.25) is 19.7 Å². The highest BCUT2D eigenvalue weighted by atomic mass is 35.5. The molecule has 0 saturated heterocycles. The van der Waals surface area contributed by atoms with Crippen molar-refractivity contribution >= 4 is 40.9 Å². The molecule has 0 aliphatic heterocycles. The first-order chi connectivity index (χ1) is 18.4. The highest BCUT2D eigenvalue weighted by molar-refractivity contribution is 7.99. The van der Waals surface area contributed by atoms with Crippen LogP contribution < -0.4 is 5.32 Å². The zero-order valence-corrected chi connectivity index (χ0v) is 22.9. The average Bonchev–Trinajstić information content (AvgIpc) is 2.91. The van der Waals surface area contributed by atoms with E-state index in [1.165, 1.54) is 23.9 Å². The number of nitrogens with one attached hydrogen (secondary N) is 1. The molecule has 0 aromatic heterocycles. The van der Waals surface area contributed by atoms with E-state index < -0.39 is 11.0 Å². The molecular formula is C29H32ClN3O4S. The number of amides is 2. The number of non-ortho nitro benzene ring substituents is 1. The molecule has 200 valence electrons. The van der Waals surface area contributed by atoms with Crippen molar-refractivity contribution in [3.8, 4) is 0 Å². The van der Waals surface area contributed by atoms with Crippen LogP contribution in [0.15, 0.2) is 78.9 Å². The van der Waals surface area contributed by atoms with E-state index in [9.17, 15) is 19.7 Å². The quantitative estimate of drug-likeness (QED) is 0.149. The lowest BCUT2D eigenvalue weighted by Gasteiger charge is -2.31. The lowest BCUT2D eigenvalue weighted by Crippen LogP contribution is -2.51. The van der Waals surface area contributed by atoms with Gasteiger partial charge in [0, 0.05) is 42.4 Å². The Kier molecular flexibility index (Phi) is 11.6. The molecule has 0 aliphatic carbocycles. The van der Waals surface area contributed by atoms with Crippen LogP contribution >= 0.6 is 23.4 Å². The van der Waals surface area contributed by atoms with E-state index in [1.54, 1.807) is 29.2 Å². The second-order valence-electron chi connectivity index (χ2n) is 8.92. The molecule has 0 fully saturated rings. The number of nitro groups is 1. The molecule has 0 aliphatic rings. The number of carbonyl (C=O) groups excluding carboxylic acids is 2. The molecule has 7 nitrogen and oxygen atoms in total. The van der Waals surface area contributed by atoms with Gasteiger partial charge in [0.15, 0.2) is 0 Å². The summed E-state index contributed by atoms with van der Waals surface area (Å²) in [4.78, 5) is 39.2. The second-order valence-corrected chi connectivity index (χ2v) is 10.3. The van der Waals surface area contributed by atoms with Crippen molar-refractivity contribution < 1.29 is 14.5 Å². The number of hydrogen-bond donors (Lipinski definition) is 1. The lowest BCUT2D eigenvalue weighted by atomic mass is 10.0. The molecule has 2 amide bonds. The topological polar surface area (TPSA) is 92.6 Å². The Morgan fingerprint density at radius 3 is 2.37 bits per heavy atom. The van der Waals surface area contributed by atoms with E-state index >= 15 is 0 Å². The number of carbonyl (C=O) groups is 2. The van der Waals surface area contributed by atoms with Gasteiger partial charge in [0.25, 0.3) is 5.69 Å². The van der Waals surface area contributed by atoms with Gasteiger partial charge in [-0.25, -0.2) is 0 Å². The lowest BCUT2D eigenvalue weighted by molar-refractivity contribution is -0.384. The molecule has 0 spiro atoms. The van der Waals surface area contributed by atoms with Crippen molar-refractivity contribution in [1.82, 2.24) is 10.2 Å². The van der Waals surface area contributed by atoms with Crippen molar-refractivity contribution in [2.24, 2.45) is 0 Å². The molecular weight excluding hydrogens is 522 g/mol. The third-order valence-corrected chi connectivity index (χ3v) is 7.21. The molecule has 1 N–H and O–H groups in total. The molecule has 3 rings (SSSR count). The van der Waals surface area contributed by atoms with E-state index in [1.807, 2.05) is 42.5 Å². The molecule has 0 heterocycles. The Morgan fingerprint density at radius 1 is 1.00 bits per heavy atom. The number of unbranched alkanes of at least 4 members (excludes halogenated alkanes) is 1. The summed E-state index contributed by atoms with van der Waals surface area (Å²) in [6.07, 6.45) is 2.20. The number of benzene rings is 3. The fourth-order valence-corrected chi connectivity index (χ4v) is 5.03. The largest absolute Gasteiger partial charge is 0.354 e. The number of thioether (sulfide) groups is 1. The molecule has 3 aromatic rings. The van der Waals surface area contributed by atoms with E-state index in [2.05, 4.69) is 12.2 Å². The Bertz CT molecular complexity index is 1210. The van der Waals surface area contributed by atoms with Gasteiger partial charge in [0.1, 0.15) is 6.04 Å². The van der Waals surface area contributed by atoms with E-state index in [0.29, 0.717) is 23.7 Å². The van der Waals surface area contributed by atoms with Crippen LogP contribution in [-0.4, -0.2) is 40.0 Å². The fourth-order valence-electron chi connectivity index (χ4n) is 3.95. The summed E-state index contributed by atoms with van der Waals surface area (Å²) < 4.78 is 0. The highest BCUT2D eigenvalue weighted by Gasteiger charge is 2.30. The molecule has 0 bridgehead atoms. The molecule has 9 heteroatoms. The number of nitrogens with zero attached hydrogens (tertiary/aromatic N) is 2.